The van der Waals surface area contributed by atoms with Gasteiger partial charge in [-0.1, -0.05) is 35.9 Å². The van der Waals surface area contributed by atoms with Crippen molar-refractivity contribution in [2.75, 3.05) is 0 Å². The van der Waals surface area contributed by atoms with Crippen molar-refractivity contribution in [1.29, 1.82) is 10.5 Å². The van der Waals surface area contributed by atoms with E-state index < -0.39 is 17.7 Å². The lowest BCUT2D eigenvalue weighted by Crippen LogP contribution is -2.36. The number of hydrogen-bond donors (Lipinski definition) is 1. The zero-order valence-electron chi connectivity index (χ0n) is 17.5. The summed E-state index contributed by atoms with van der Waals surface area (Å²) in [6, 6.07) is 21.8. The molecule has 32 heavy (non-hydrogen) atoms. The van der Waals surface area contributed by atoms with E-state index in [-0.39, 0.29) is 18.4 Å². The van der Waals surface area contributed by atoms with Gasteiger partial charge >= 0.3 is 0 Å². The van der Waals surface area contributed by atoms with Gasteiger partial charge in [-0.2, -0.15) is 10.5 Å². The number of nitrogens with zero attached hydrogens (tertiary/aromatic N) is 2. The van der Waals surface area contributed by atoms with Crippen molar-refractivity contribution < 1.29 is 8.78 Å². The van der Waals surface area contributed by atoms with Gasteiger partial charge in [-0.3, -0.25) is 0 Å². The number of rotatable bonds is 8. The van der Waals surface area contributed by atoms with E-state index in [0.29, 0.717) is 22.6 Å². The molecule has 0 amide bonds. The molecule has 0 aliphatic heterocycles. The first-order chi connectivity index (χ1) is 15.4. The van der Waals surface area contributed by atoms with Crippen molar-refractivity contribution in [2.24, 2.45) is 0 Å². The highest BCUT2D eigenvalue weighted by Gasteiger charge is 2.24. The third-order valence-corrected chi connectivity index (χ3v) is 5.72. The van der Waals surface area contributed by atoms with Crippen LogP contribution in [-0.4, -0.2) is 6.04 Å². The molecule has 3 aromatic rings. The number of halogens is 3. The zero-order valence-corrected chi connectivity index (χ0v) is 18.3. The predicted octanol–water partition coefficient (Wildman–Crippen LogP) is 6.45. The second kappa shape index (κ2) is 10.9. The molecule has 3 aromatic carbocycles. The van der Waals surface area contributed by atoms with Crippen molar-refractivity contribution in [3.8, 4) is 12.1 Å². The van der Waals surface area contributed by atoms with E-state index in [9.17, 15) is 19.3 Å². The number of nitrogens with one attached hydrogen (secondary N) is 1. The van der Waals surface area contributed by atoms with Crippen LogP contribution in [0.3, 0.4) is 0 Å². The highest BCUT2D eigenvalue weighted by Crippen LogP contribution is 2.29. The van der Waals surface area contributed by atoms with Gasteiger partial charge in [0, 0.05) is 29.1 Å². The Morgan fingerprint density at radius 3 is 2.25 bits per heavy atom. The maximum atomic E-state index is 13.8. The molecule has 0 saturated carbocycles. The molecule has 0 bridgehead atoms. The summed E-state index contributed by atoms with van der Waals surface area (Å²) in [4.78, 5) is 0. The minimum absolute atomic E-state index is 0.0547. The molecule has 0 radical (unpaired) electrons. The summed E-state index contributed by atoms with van der Waals surface area (Å²) in [7, 11) is 0. The molecule has 3 atom stereocenters. The molecule has 1 unspecified atom stereocenters. The van der Waals surface area contributed by atoms with Crippen molar-refractivity contribution >= 4 is 11.6 Å². The average molecular weight is 450 g/mol. The van der Waals surface area contributed by atoms with Gasteiger partial charge in [0.05, 0.1) is 24.1 Å². The van der Waals surface area contributed by atoms with E-state index >= 15 is 0 Å². The monoisotopic (exact) mass is 449 g/mol. The van der Waals surface area contributed by atoms with Gasteiger partial charge in [0.15, 0.2) is 0 Å². The summed E-state index contributed by atoms with van der Waals surface area (Å²) in [6.07, 6.45) is 0.705. The first-order valence-electron chi connectivity index (χ1n) is 10.2. The van der Waals surface area contributed by atoms with Crippen LogP contribution in [0, 0.1) is 34.3 Å². The average Bonchev–Trinajstić information content (AvgIpc) is 2.77. The molecule has 0 aromatic heterocycles. The molecule has 0 saturated heterocycles. The smallest absolute Gasteiger partial charge is 0.126 e. The van der Waals surface area contributed by atoms with Gasteiger partial charge in [-0.05, 0) is 66.4 Å². The lowest BCUT2D eigenvalue weighted by Gasteiger charge is -2.30. The second-order valence-corrected chi connectivity index (χ2v) is 8.18. The Hall–Kier alpha value is -3.25. The molecule has 162 valence electrons. The van der Waals surface area contributed by atoms with Crippen LogP contribution >= 0.6 is 11.6 Å². The van der Waals surface area contributed by atoms with Crippen molar-refractivity contribution in [2.45, 2.75) is 37.8 Å². The Bertz CT molecular complexity index is 1130. The minimum atomic E-state index is -0.683. The molecule has 0 spiro atoms. The summed E-state index contributed by atoms with van der Waals surface area (Å²) in [5.74, 6) is -1.43. The van der Waals surface area contributed by atoms with E-state index in [0.717, 1.165) is 17.2 Å². The maximum Gasteiger partial charge on any atom is 0.126 e. The fraction of sp³-hybridized carbons (Fsp3) is 0.231. The van der Waals surface area contributed by atoms with Crippen LogP contribution in [0.4, 0.5) is 8.78 Å². The van der Waals surface area contributed by atoms with Gasteiger partial charge in [-0.25, -0.2) is 8.78 Å². The fourth-order valence-electron chi connectivity index (χ4n) is 3.87. The summed E-state index contributed by atoms with van der Waals surface area (Å²) in [5.41, 5.74) is 2.95. The second-order valence-electron chi connectivity index (χ2n) is 7.75. The van der Waals surface area contributed by atoms with Gasteiger partial charge in [-0.15, -0.1) is 0 Å². The highest BCUT2D eigenvalue weighted by atomic mass is 35.5. The quantitative estimate of drug-likeness (QED) is 0.430. The summed E-state index contributed by atoms with van der Waals surface area (Å²) in [5, 5.41) is 22.7. The Balaban J connectivity index is 1.93. The third-order valence-electron chi connectivity index (χ3n) is 5.46. The van der Waals surface area contributed by atoms with Gasteiger partial charge in [0.1, 0.15) is 11.6 Å². The van der Waals surface area contributed by atoms with Crippen LogP contribution in [0.15, 0.2) is 66.7 Å². The molecule has 3 rings (SSSR count). The summed E-state index contributed by atoms with van der Waals surface area (Å²) in [6.45, 7) is 1.97. The summed E-state index contributed by atoms with van der Waals surface area (Å²) >= 11 is 6.02. The number of benzene rings is 3. The van der Waals surface area contributed by atoms with E-state index in [4.69, 9.17) is 11.6 Å². The largest absolute Gasteiger partial charge is 0.306 e. The first kappa shape index (κ1) is 23.4. The number of nitriles is 2. The van der Waals surface area contributed by atoms with Gasteiger partial charge in [0.2, 0.25) is 0 Å². The Kier molecular flexibility index (Phi) is 7.95. The maximum absolute atomic E-state index is 13.8. The van der Waals surface area contributed by atoms with E-state index in [1.807, 2.05) is 49.4 Å². The SMILES string of the molecule is C[C@H](N[C@@H](CC#N)c1cc(F)cc(F)c1)C(Cc1ccc(Cl)cc1)c1cccc(C#N)c1. The Morgan fingerprint density at radius 1 is 0.938 bits per heavy atom. The highest BCUT2D eigenvalue weighted by molar-refractivity contribution is 6.30. The fourth-order valence-corrected chi connectivity index (χ4v) is 4.00. The van der Waals surface area contributed by atoms with Crippen LogP contribution in [0.5, 0.6) is 0 Å². The molecule has 0 fully saturated rings. The molecule has 3 nitrogen and oxygen atoms in total. The molecule has 1 N–H and O–H groups in total. The van der Waals surface area contributed by atoms with Crippen LogP contribution in [0.25, 0.3) is 0 Å². The van der Waals surface area contributed by atoms with E-state index in [1.165, 1.54) is 12.1 Å². The third kappa shape index (κ3) is 6.14. The normalized spacial score (nSPS) is 13.6. The van der Waals surface area contributed by atoms with E-state index in [1.54, 1.807) is 6.07 Å². The topological polar surface area (TPSA) is 59.6 Å². The van der Waals surface area contributed by atoms with Crippen molar-refractivity contribution in [3.63, 3.8) is 0 Å². The van der Waals surface area contributed by atoms with Crippen LogP contribution in [0.2, 0.25) is 5.02 Å². The minimum Gasteiger partial charge on any atom is -0.306 e. The van der Waals surface area contributed by atoms with Crippen molar-refractivity contribution in [3.05, 3.63) is 106 Å². The zero-order chi connectivity index (χ0) is 23.1. The Labute approximate surface area is 191 Å². The molecule has 0 aliphatic carbocycles. The number of hydrogen-bond acceptors (Lipinski definition) is 3. The molecular weight excluding hydrogens is 428 g/mol. The molecular formula is C26H22ClF2N3. The van der Waals surface area contributed by atoms with Gasteiger partial charge < -0.3 is 5.32 Å². The lowest BCUT2D eigenvalue weighted by atomic mass is 9.85. The standard InChI is InChI=1S/C26H22ClF2N3/c1-17(32-26(9-10-30)21-13-23(28)15-24(29)14-21)25(12-18-5-7-22(27)8-6-18)20-4-2-3-19(11-20)16-31/h2-8,11,13-15,17,25-26,32H,9,12H2,1H3/t17-,25?,26-/m0/s1. The molecule has 0 heterocycles. The van der Waals surface area contributed by atoms with Crippen LogP contribution in [0.1, 0.15) is 47.6 Å². The van der Waals surface area contributed by atoms with Crippen LogP contribution in [-0.2, 0) is 6.42 Å². The van der Waals surface area contributed by atoms with Gasteiger partial charge in [0.25, 0.3) is 0 Å². The Morgan fingerprint density at radius 2 is 1.62 bits per heavy atom. The molecule has 0 aliphatic rings. The first-order valence-corrected chi connectivity index (χ1v) is 10.6. The molecule has 6 heteroatoms. The predicted molar refractivity (Wildman–Crippen MR) is 121 cm³/mol. The van der Waals surface area contributed by atoms with Crippen molar-refractivity contribution in [1.82, 2.24) is 5.32 Å². The lowest BCUT2D eigenvalue weighted by molar-refractivity contribution is 0.399. The van der Waals surface area contributed by atoms with E-state index in [2.05, 4.69) is 17.5 Å². The summed E-state index contributed by atoms with van der Waals surface area (Å²) < 4.78 is 27.6. The van der Waals surface area contributed by atoms with Crippen LogP contribution < -0.4 is 5.32 Å².